The maximum Gasteiger partial charge on any atom is 0.275 e. The summed E-state index contributed by atoms with van der Waals surface area (Å²) in [6.45, 7) is 4.42. The molecule has 4 rings (SSSR count). The molecule has 0 saturated carbocycles. The van der Waals surface area contributed by atoms with Crippen LogP contribution in [0.4, 0.5) is 0 Å². The van der Waals surface area contributed by atoms with E-state index in [4.69, 9.17) is 0 Å². The van der Waals surface area contributed by atoms with Gasteiger partial charge in [-0.05, 0) is 18.6 Å². The predicted molar refractivity (Wildman–Crippen MR) is 105 cm³/mol. The third kappa shape index (κ3) is 3.48. The van der Waals surface area contributed by atoms with Gasteiger partial charge in [-0.2, -0.15) is 5.10 Å². The Hall–Kier alpha value is -2.99. The number of carbonyl (C=O) groups is 1. The molecule has 2 aromatic carbocycles. The maximum absolute atomic E-state index is 13.2. The van der Waals surface area contributed by atoms with Gasteiger partial charge in [-0.25, -0.2) is 4.68 Å². The lowest BCUT2D eigenvalue weighted by Crippen LogP contribution is -2.51. The third-order valence-corrected chi connectivity index (χ3v) is 4.90. The number of fused-ring (bicyclic) bond motifs is 1. The first-order chi connectivity index (χ1) is 13.1. The summed E-state index contributed by atoms with van der Waals surface area (Å²) in [4.78, 5) is 27.9. The van der Waals surface area contributed by atoms with Crippen LogP contribution in [0.2, 0.25) is 0 Å². The summed E-state index contributed by atoms with van der Waals surface area (Å²) in [6, 6.07) is 17.1. The molecule has 0 spiro atoms. The van der Waals surface area contributed by atoms with E-state index in [1.165, 1.54) is 4.68 Å². The molecule has 0 aliphatic carbocycles. The molecule has 1 aliphatic rings. The van der Waals surface area contributed by atoms with Crippen molar-refractivity contribution in [1.82, 2.24) is 20.0 Å². The van der Waals surface area contributed by atoms with Gasteiger partial charge in [0.2, 0.25) is 0 Å². The van der Waals surface area contributed by atoms with Crippen molar-refractivity contribution in [3.05, 3.63) is 76.2 Å². The van der Waals surface area contributed by atoms with Gasteiger partial charge >= 0.3 is 0 Å². The number of amides is 1. The monoisotopic (exact) mass is 362 g/mol. The van der Waals surface area contributed by atoms with E-state index in [0.717, 1.165) is 12.1 Å². The number of hydrogen-bond donors (Lipinski definition) is 1. The Morgan fingerprint density at radius 2 is 1.81 bits per heavy atom. The van der Waals surface area contributed by atoms with E-state index in [1.807, 2.05) is 47.4 Å². The van der Waals surface area contributed by atoms with Gasteiger partial charge in [0.1, 0.15) is 0 Å². The van der Waals surface area contributed by atoms with Crippen molar-refractivity contribution < 1.29 is 4.79 Å². The van der Waals surface area contributed by atoms with Crippen LogP contribution in [-0.2, 0) is 6.54 Å². The van der Waals surface area contributed by atoms with Crippen LogP contribution in [0.1, 0.15) is 23.0 Å². The third-order valence-electron chi connectivity index (χ3n) is 4.90. The quantitative estimate of drug-likeness (QED) is 0.773. The Morgan fingerprint density at radius 3 is 2.56 bits per heavy atom. The van der Waals surface area contributed by atoms with Crippen molar-refractivity contribution in [2.24, 2.45) is 0 Å². The highest BCUT2D eigenvalue weighted by molar-refractivity contribution is 6.04. The average molecular weight is 362 g/mol. The lowest BCUT2D eigenvalue weighted by Gasteiger charge is -2.31. The second-order valence-electron chi connectivity index (χ2n) is 6.95. The van der Waals surface area contributed by atoms with Gasteiger partial charge in [-0.3, -0.25) is 9.59 Å². The second kappa shape index (κ2) is 7.32. The zero-order valence-corrected chi connectivity index (χ0v) is 15.3. The van der Waals surface area contributed by atoms with E-state index in [1.54, 1.807) is 12.1 Å². The van der Waals surface area contributed by atoms with Crippen LogP contribution < -0.4 is 10.9 Å². The van der Waals surface area contributed by atoms with Crippen molar-refractivity contribution in [2.45, 2.75) is 19.5 Å². The van der Waals surface area contributed by atoms with E-state index in [0.29, 0.717) is 36.1 Å². The number of nitrogens with zero attached hydrogens (tertiary/aromatic N) is 3. The summed E-state index contributed by atoms with van der Waals surface area (Å²) < 4.78 is 1.40. The summed E-state index contributed by atoms with van der Waals surface area (Å²) in [5.41, 5.74) is 1.13. The summed E-state index contributed by atoms with van der Waals surface area (Å²) in [7, 11) is 0. The molecule has 138 valence electrons. The van der Waals surface area contributed by atoms with Gasteiger partial charge in [0, 0.05) is 31.1 Å². The SMILES string of the molecule is C[C@@H]1CN(C(=O)c2nn(Cc3ccccc3)c(=O)c3ccccc23)CCN1. The topological polar surface area (TPSA) is 67.2 Å². The van der Waals surface area contributed by atoms with E-state index >= 15 is 0 Å². The lowest BCUT2D eigenvalue weighted by molar-refractivity contribution is 0.0702. The van der Waals surface area contributed by atoms with Crippen molar-refractivity contribution in [2.75, 3.05) is 19.6 Å². The molecule has 2 heterocycles. The van der Waals surface area contributed by atoms with Crippen LogP contribution >= 0.6 is 0 Å². The lowest BCUT2D eigenvalue weighted by atomic mass is 10.1. The minimum absolute atomic E-state index is 0.124. The van der Waals surface area contributed by atoms with Gasteiger partial charge < -0.3 is 10.2 Å². The van der Waals surface area contributed by atoms with Crippen molar-refractivity contribution in [1.29, 1.82) is 0 Å². The van der Waals surface area contributed by atoms with Crippen LogP contribution in [0.15, 0.2) is 59.4 Å². The highest BCUT2D eigenvalue weighted by atomic mass is 16.2. The van der Waals surface area contributed by atoms with Gasteiger partial charge in [0.25, 0.3) is 11.5 Å². The Balaban J connectivity index is 1.80. The minimum atomic E-state index is -0.181. The standard InChI is InChI=1S/C21H22N4O2/c1-15-13-24(12-11-22-15)21(27)19-17-9-5-6-10-18(17)20(26)25(23-19)14-16-7-3-2-4-8-16/h2-10,15,22H,11-14H2,1H3/t15-/m1/s1. The average Bonchev–Trinajstić information content (AvgIpc) is 2.70. The number of benzene rings is 2. The fraction of sp³-hybridized carbons (Fsp3) is 0.286. The molecule has 0 bridgehead atoms. The predicted octanol–water partition coefficient (Wildman–Crippen LogP) is 1.88. The van der Waals surface area contributed by atoms with Gasteiger partial charge in [-0.15, -0.1) is 0 Å². The minimum Gasteiger partial charge on any atom is -0.334 e. The summed E-state index contributed by atoms with van der Waals surface area (Å²) >= 11 is 0. The fourth-order valence-electron chi connectivity index (χ4n) is 3.52. The summed E-state index contributed by atoms with van der Waals surface area (Å²) in [6.07, 6.45) is 0. The highest BCUT2D eigenvalue weighted by Crippen LogP contribution is 2.16. The first-order valence-corrected chi connectivity index (χ1v) is 9.20. The molecule has 27 heavy (non-hydrogen) atoms. The highest BCUT2D eigenvalue weighted by Gasteiger charge is 2.25. The first-order valence-electron chi connectivity index (χ1n) is 9.20. The van der Waals surface area contributed by atoms with Crippen LogP contribution in [0.5, 0.6) is 0 Å². The van der Waals surface area contributed by atoms with Crippen molar-refractivity contribution >= 4 is 16.7 Å². The molecule has 0 radical (unpaired) electrons. The molecule has 6 heteroatoms. The Bertz CT molecular complexity index is 1030. The molecule has 1 atom stereocenters. The van der Waals surface area contributed by atoms with Gasteiger partial charge in [-0.1, -0.05) is 48.5 Å². The number of aromatic nitrogens is 2. The molecule has 1 saturated heterocycles. The second-order valence-corrected chi connectivity index (χ2v) is 6.95. The fourth-order valence-corrected chi connectivity index (χ4v) is 3.52. The molecule has 1 N–H and O–H groups in total. The van der Waals surface area contributed by atoms with E-state index in [9.17, 15) is 9.59 Å². The smallest absolute Gasteiger partial charge is 0.275 e. The normalized spacial score (nSPS) is 17.2. The number of hydrogen-bond acceptors (Lipinski definition) is 4. The molecule has 3 aromatic rings. The van der Waals surface area contributed by atoms with E-state index < -0.39 is 0 Å². The Morgan fingerprint density at radius 1 is 1.11 bits per heavy atom. The molecular formula is C21H22N4O2. The van der Waals surface area contributed by atoms with Crippen molar-refractivity contribution in [3.8, 4) is 0 Å². The summed E-state index contributed by atoms with van der Waals surface area (Å²) in [5, 5.41) is 8.96. The molecule has 0 unspecified atom stereocenters. The van der Waals surface area contributed by atoms with Crippen molar-refractivity contribution in [3.63, 3.8) is 0 Å². The molecule has 1 aromatic heterocycles. The molecule has 1 aliphatic heterocycles. The summed E-state index contributed by atoms with van der Waals surface area (Å²) in [5.74, 6) is -0.124. The molecule has 1 fully saturated rings. The van der Waals surface area contributed by atoms with Crippen LogP contribution in [-0.4, -0.2) is 46.3 Å². The largest absolute Gasteiger partial charge is 0.334 e. The molecule has 1 amide bonds. The van der Waals surface area contributed by atoms with E-state index in [-0.39, 0.29) is 17.5 Å². The van der Waals surface area contributed by atoms with Gasteiger partial charge in [0.05, 0.1) is 11.9 Å². The Kier molecular flexibility index (Phi) is 4.73. The number of carbonyl (C=O) groups excluding carboxylic acids is 1. The van der Waals surface area contributed by atoms with Crippen LogP contribution in [0.25, 0.3) is 10.8 Å². The molecular weight excluding hydrogens is 340 g/mol. The van der Waals surface area contributed by atoms with Crippen LogP contribution in [0, 0.1) is 0 Å². The Labute approximate surface area is 157 Å². The number of piperazine rings is 1. The zero-order valence-electron chi connectivity index (χ0n) is 15.3. The molecule has 6 nitrogen and oxygen atoms in total. The maximum atomic E-state index is 13.2. The van der Waals surface area contributed by atoms with Gasteiger partial charge in [0.15, 0.2) is 5.69 Å². The number of rotatable bonds is 3. The van der Waals surface area contributed by atoms with Crippen LogP contribution in [0.3, 0.4) is 0 Å². The van der Waals surface area contributed by atoms with E-state index in [2.05, 4.69) is 17.3 Å². The number of nitrogens with one attached hydrogen (secondary N) is 1. The first kappa shape index (κ1) is 17.4. The zero-order chi connectivity index (χ0) is 18.8.